The van der Waals surface area contributed by atoms with Crippen LogP contribution in [0.4, 0.5) is 0 Å². The molecule has 1 aromatic carbocycles. The largest absolute Gasteiger partial charge is 0.385 e. The molecule has 0 aromatic heterocycles. The molecule has 13 heavy (non-hydrogen) atoms. The van der Waals surface area contributed by atoms with Gasteiger partial charge in [0.25, 0.3) is 0 Å². The van der Waals surface area contributed by atoms with Gasteiger partial charge in [-0.05, 0) is 12.5 Å². The van der Waals surface area contributed by atoms with Gasteiger partial charge in [0, 0.05) is 0 Å². The highest BCUT2D eigenvalue weighted by molar-refractivity contribution is 5.49. The summed E-state index contributed by atoms with van der Waals surface area (Å²) in [5.74, 6) is 0. The molecule has 68 valence electrons. The van der Waals surface area contributed by atoms with Crippen molar-refractivity contribution in [1.82, 2.24) is 0 Å². The maximum absolute atomic E-state index is 9.34. The fourth-order valence-electron chi connectivity index (χ4n) is 1.04. The molecule has 1 nitrogen and oxygen atoms in total. The van der Waals surface area contributed by atoms with Crippen LogP contribution in [-0.4, -0.2) is 11.2 Å². The highest BCUT2D eigenvalue weighted by atomic mass is 16.3. The Morgan fingerprint density at radius 1 is 1.15 bits per heavy atom. The van der Waals surface area contributed by atoms with E-state index >= 15 is 0 Å². The van der Waals surface area contributed by atoms with E-state index in [-0.39, 0.29) is 0 Å². The molecular weight excluding hydrogens is 160 g/mol. The minimum Gasteiger partial charge on any atom is -0.385 e. The minimum absolute atomic E-state index is 0.481. The fraction of sp³-hybridized carbons (Fsp3) is 0.167. The van der Waals surface area contributed by atoms with Crippen molar-refractivity contribution in [1.29, 1.82) is 0 Å². The Labute approximate surface area is 79.0 Å². The zero-order chi connectivity index (χ0) is 9.52. The molecule has 0 aliphatic heterocycles. The number of hydrogen-bond donors (Lipinski definition) is 1. The average Bonchev–Trinajstić information content (AvgIpc) is 2.17. The van der Waals surface area contributed by atoms with Gasteiger partial charge in [0.15, 0.2) is 0 Å². The molecule has 0 radical (unpaired) electrons. The summed E-state index contributed by atoms with van der Waals surface area (Å²) in [5.41, 5.74) is 1.10. The van der Waals surface area contributed by atoms with Crippen molar-refractivity contribution < 1.29 is 5.11 Å². The van der Waals surface area contributed by atoms with Crippen LogP contribution in [0.15, 0.2) is 48.6 Å². The standard InChI is InChI=1S/C12H14O/c1-2-6-12(13)10-9-11-7-4-3-5-8-11/h2-10,12-13H,1H3/b6-2+,10-9+/t12-/m1/s1. The van der Waals surface area contributed by atoms with Crippen LogP contribution in [0.1, 0.15) is 12.5 Å². The molecule has 0 aliphatic carbocycles. The summed E-state index contributed by atoms with van der Waals surface area (Å²) in [4.78, 5) is 0. The third kappa shape index (κ3) is 3.72. The van der Waals surface area contributed by atoms with Gasteiger partial charge in [0.05, 0.1) is 6.10 Å². The molecule has 0 fully saturated rings. The summed E-state index contributed by atoms with van der Waals surface area (Å²) in [6.45, 7) is 1.89. The van der Waals surface area contributed by atoms with Crippen molar-refractivity contribution in [3.63, 3.8) is 0 Å². The van der Waals surface area contributed by atoms with E-state index in [0.717, 1.165) is 5.56 Å². The summed E-state index contributed by atoms with van der Waals surface area (Å²) in [7, 11) is 0. The lowest BCUT2D eigenvalue weighted by atomic mass is 10.2. The van der Waals surface area contributed by atoms with Crippen molar-refractivity contribution >= 4 is 6.08 Å². The highest BCUT2D eigenvalue weighted by Crippen LogP contribution is 2.02. The first-order valence-corrected chi connectivity index (χ1v) is 4.37. The molecule has 1 N–H and O–H groups in total. The van der Waals surface area contributed by atoms with E-state index in [0.29, 0.717) is 0 Å². The Morgan fingerprint density at radius 2 is 1.85 bits per heavy atom. The number of rotatable bonds is 3. The smallest absolute Gasteiger partial charge is 0.0905 e. The number of allylic oxidation sites excluding steroid dienone is 1. The van der Waals surface area contributed by atoms with Gasteiger partial charge in [-0.2, -0.15) is 0 Å². The summed E-state index contributed by atoms with van der Waals surface area (Å²) in [6.07, 6.45) is 6.75. The Bertz CT molecular complexity index is 285. The first-order chi connectivity index (χ1) is 6.33. The quantitative estimate of drug-likeness (QED) is 0.698. The van der Waals surface area contributed by atoms with Gasteiger partial charge >= 0.3 is 0 Å². The molecule has 0 heterocycles. The molecule has 1 rings (SSSR count). The van der Waals surface area contributed by atoms with E-state index in [9.17, 15) is 5.11 Å². The molecule has 0 saturated heterocycles. The summed E-state index contributed by atoms with van der Waals surface area (Å²) in [6, 6.07) is 9.92. The van der Waals surface area contributed by atoms with Crippen LogP contribution < -0.4 is 0 Å². The lowest BCUT2D eigenvalue weighted by Crippen LogP contribution is -1.94. The van der Waals surface area contributed by atoms with Gasteiger partial charge in [-0.3, -0.25) is 0 Å². The average molecular weight is 174 g/mol. The van der Waals surface area contributed by atoms with Crippen molar-refractivity contribution in [2.45, 2.75) is 13.0 Å². The number of aliphatic hydroxyl groups excluding tert-OH is 1. The topological polar surface area (TPSA) is 20.2 Å². The van der Waals surface area contributed by atoms with Gasteiger partial charge in [0.2, 0.25) is 0 Å². The Balaban J connectivity index is 2.59. The molecule has 1 heteroatoms. The highest BCUT2D eigenvalue weighted by Gasteiger charge is 1.89. The summed E-state index contributed by atoms with van der Waals surface area (Å²) in [5, 5.41) is 9.34. The Kier molecular flexibility index (Phi) is 4.00. The van der Waals surface area contributed by atoms with E-state index in [1.807, 2.05) is 49.4 Å². The zero-order valence-corrected chi connectivity index (χ0v) is 7.72. The van der Waals surface area contributed by atoms with Crippen molar-refractivity contribution in [3.05, 3.63) is 54.1 Å². The number of hydrogen-bond acceptors (Lipinski definition) is 1. The first kappa shape index (κ1) is 9.75. The lowest BCUT2D eigenvalue weighted by Gasteiger charge is -1.96. The SMILES string of the molecule is C/C=C/[C@@H](O)/C=C/c1ccccc1. The monoisotopic (exact) mass is 174 g/mol. The molecule has 0 saturated carbocycles. The third-order valence-corrected chi connectivity index (χ3v) is 1.68. The van der Waals surface area contributed by atoms with E-state index in [1.54, 1.807) is 12.2 Å². The van der Waals surface area contributed by atoms with Crippen LogP contribution in [0.5, 0.6) is 0 Å². The van der Waals surface area contributed by atoms with Gasteiger partial charge in [-0.25, -0.2) is 0 Å². The number of aliphatic hydroxyl groups is 1. The van der Waals surface area contributed by atoms with Gasteiger partial charge < -0.3 is 5.11 Å². The van der Waals surface area contributed by atoms with Crippen LogP contribution in [-0.2, 0) is 0 Å². The van der Waals surface area contributed by atoms with E-state index in [4.69, 9.17) is 0 Å². The summed E-state index contributed by atoms with van der Waals surface area (Å²) < 4.78 is 0. The van der Waals surface area contributed by atoms with E-state index in [2.05, 4.69) is 0 Å². The maximum atomic E-state index is 9.34. The molecular formula is C12H14O. The zero-order valence-electron chi connectivity index (χ0n) is 7.72. The van der Waals surface area contributed by atoms with Crippen LogP contribution >= 0.6 is 0 Å². The van der Waals surface area contributed by atoms with Crippen molar-refractivity contribution in [3.8, 4) is 0 Å². The molecule has 0 amide bonds. The van der Waals surface area contributed by atoms with Crippen LogP contribution in [0.3, 0.4) is 0 Å². The Hall–Kier alpha value is -1.34. The Morgan fingerprint density at radius 3 is 2.46 bits per heavy atom. The van der Waals surface area contributed by atoms with E-state index in [1.165, 1.54) is 0 Å². The molecule has 0 spiro atoms. The third-order valence-electron chi connectivity index (χ3n) is 1.68. The van der Waals surface area contributed by atoms with Gasteiger partial charge in [0.1, 0.15) is 0 Å². The fourth-order valence-corrected chi connectivity index (χ4v) is 1.04. The van der Waals surface area contributed by atoms with Crippen molar-refractivity contribution in [2.24, 2.45) is 0 Å². The summed E-state index contributed by atoms with van der Waals surface area (Å²) >= 11 is 0. The number of benzene rings is 1. The second-order valence-corrected chi connectivity index (χ2v) is 2.79. The molecule has 0 unspecified atom stereocenters. The molecule has 0 aliphatic rings. The second kappa shape index (κ2) is 5.33. The van der Waals surface area contributed by atoms with Gasteiger partial charge in [-0.15, -0.1) is 0 Å². The predicted molar refractivity (Wildman–Crippen MR) is 56.3 cm³/mol. The normalized spacial score (nSPS) is 14.0. The minimum atomic E-state index is -0.481. The van der Waals surface area contributed by atoms with Gasteiger partial charge in [-0.1, -0.05) is 54.6 Å². The predicted octanol–water partition coefficient (Wildman–Crippen LogP) is 2.64. The van der Waals surface area contributed by atoms with Crippen molar-refractivity contribution in [2.75, 3.05) is 0 Å². The lowest BCUT2D eigenvalue weighted by molar-refractivity contribution is 0.272. The van der Waals surface area contributed by atoms with Crippen LogP contribution in [0.25, 0.3) is 6.08 Å². The van der Waals surface area contributed by atoms with Crippen LogP contribution in [0.2, 0.25) is 0 Å². The second-order valence-electron chi connectivity index (χ2n) is 2.79. The molecule has 1 aromatic rings. The first-order valence-electron chi connectivity index (χ1n) is 4.37. The van der Waals surface area contributed by atoms with E-state index < -0.39 is 6.10 Å². The molecule has 0 bridgehead atoms. The molecule has 1 atom stereocenters. The van der Waals surface area contributed by atoms with Crippen LogP contribution in [0, 0.1) is 0 Å². The maximum Gasteiger partial charge on any atom is 0.0905 e.